The fraction of sp³-hybridized carbons (Fsp3) is 0.615. The van der Waals surface area contributed by atoms with E-state index in [1.165, 1.54) is 19.3 Å². The molecule has 2 rings (SSSR count). The van der Waals surface area contributed by atoms with Gasteiger partial charge < -0.3 is 5.32 Å². The quantitative estimate of drug-likeness (QED) is 0.844. The van der Waals surface area contributed by atoms with Gasteiger partial charge in [0.1, 0.15) is 0 Å². The maximum absolute atomic E-state index is 4.43. The van der Waals surface area contributed by atoms with Crippen LogP contribution < -0.4 is 5.32 Å². The van der Waals surface area contributed by atoms with Crippen LogP contribution in [-0.4, -0.2) is 29.6 Å². The lowest BCUT2D eigenvalue weighted by atomic mass is 10.1. The van der Waals surface area contributed by atoms with Crippen LogP contribution in [0.5, 0.6) is 0 Å². The average molecular weight is 219 g/mol. The second-order valence-electron chi connectivity index (χ2n) is 4.56. The summed E-state index contributed by atoms with van der Waals surface area (Å²) >= 11 is 0. The zero-order valence-corrected chi connectivity index (χ0v) is 10.2. The average Bonchev–Trinajstić information content (AvgIpc) is 2.39. The van der Waals surface area contributed by atoms with Crippen LogP contribution in [0.15, 0.2) is 24.4 Å². The summed E-state index contributed by atoms with van der Waals surface area (Å²) in [5.41, 5.74) is 1.15. The van der Waals surface area contributed by atoms with Crippen LogP contribution in [0.2, 0.25) is 0 Å². The Labute approximate surface area is 97.9 Å². The molecule has 0 aromatic carbocycles. The van der Waals surface area contributed by atoms with Crippen LogP contribution in [0.4, 0.5) is 0 Å². The van der Waals surface area contributed by atoms with Crippen LogP contribution >= 0.6 is 0 Å². The molecule has 2 heterocycles. The van der Waals surface area contributed by atoms with E-state index in [0.717, 1.165) is 12.2 Å². The summed E-state index contributed by atoms with van der Waals surface area (Å²) in [7, 11) is 2.18. The molecule has 0 bridgehead atoms. The van der Waals surface area contributed by atoms with Gasteiger partial charge in [-0.3, -0.25) is 9.88 Å². The number of piperidine rings is 1. The van der Waals surface area contributed by atoms with Crippen molar-refractivity contribution in [2.45, 2.75) is 38.4 Å². The summed E-state index contributed by atoms with van der Waals surface area (Å²) in [5.74, 6) is 0. The molecule has 1 aromatic heterocycles. The molecular formula is C13H21N3. The third-order valence-corrected chi connectivity index (χ3v) is 3.50. The van der Waals surface area contributed by atoms with Crippen LogP contribution in [0.25, 0.3) is 0 Å². The third-order valence-electron chi connectivity index (χ3n) is 3.50. The Hall–Kier alpha value is -0.930. The molecule has 0 aliphatic carbocycles. The number of rotatable bonds is 3. The molecule has 1 aliphatic heterocycles. The van der Waals surface area contributed by atoms with E-state index in [-0.39, 0.29) is 0 Å². The predicted octanol–water partition coefficient (Wildman–Crippen LogP) is 2.17. The second kappa shape index (κ2) is 5.41. The van der Waals surface area contributed by atoms with Crippen LogP contribution in [0, 0.1) is 0 Å². The molecule has 2 atom stereocenters. The Morgan fingerprint density at radius 3 is 2.94 bits per heavy atom. The van der Waals surface area contributed by atoms with Gasteiger partial charge in [0, 0.05) is 6.20 Å². The highest BCUT2D eigenvalue weighted by Crippen LogP contribution is 2.21. The van der Waals surface area contributed by atoms with Gasteiger partial charge >= 0.3 is 0 Å². The number of pyridine rings is 1. The number of nitrogens with one attached hydrogen (secondary N) is 1. The van der Waals surface area contributed by atoms with Gasteiger partial charge in [0.15, 0.2) is 0 Å². The maximum Gasteiger partial charge on any atom is 0.0600 e. The van der Waals surface area contributed by atoms with Crippen molar-refractivity contribution < 1.29 is 0 Å². The van der Waals surface area contributed by atoms with Crippen molar-refractivity contribution in [2.75, 3.05) is 13.6 Å². The lowest BCUT2D eigenvalue weighted by Crippen LogP contribution is -2.47. The summed E-state index contributed by atoms with van der Waals surface area (Å²) < 4.78 is 0. The Morgan fingerprint density at radius 1 is 1.44 bits per heavy atom. The van der Waals surface area contributed by atoms with Crippen molar-refractivity contribution in [3.8, 4) is 0 Å². The van der Waals surface area contributed by atoms with Crippen LogP contribution in [0.3, 0.4) is 0 Å². The topological polar surface area (TPSA) is 28.2 Å². The van der Waals surface area contributed by atoms with E-state index in [4.69, 9.17) is 0 Å². The van der Waals surface area contributed by atoms with Gasteiger partial charge in [-0.2, -0.15) is 0 Å². The van der Waals surface area contributed by atoms with Crippen molar-refractivity contribution in [1.29, 1.82) is 0 Å². The van der Waals surface area contributed by atoms with Crippen molar-refractivity contribution in [3.63, 3.8) is 0 Å². The van der Waals surface area contributed by atoms with Crippen molar-refractivity contribution in [2.24, 2.45) is 0 Å². The van der Waals surface area contributed by atoms with Gasteiger partial charge in [-0.05, 0) is 51.9 Å². The molecule has 0 saturated carbocycles. The van der Waals surface area contributed by atoms with E-state index in [9.17, 15) is 0 Å². The molecule has 3 heteroatoms. The van der Waals surface area contributed by atoms with Crippen molar-refractivity contribution in [1.82, 2.24) is 15.2 Å². The van der Waals surface area contributed by atoms with E-state index in [1.807, 2.05) is 12.3 Å². The molecule has 0 unspecified atom stereocenters. The van der Waals surface area contributed by atoms with Crippen molar-refractivity contribution in [3.05, 3.63) is 30.1 Å². The fourth-order valence-electron chi connectivity index (χ4n) is 2.28. The largest absolute Gasteiger partial charge is 0.302 e. The zero-order valence-electron chi connectivity index (χ0n) is 10.2. The second-order valence-corrected chi connectivity index (χ2v) is 4.56. The molecule has 88 valence electrons. The maximum atomic E-state index is 4.43. The molecule has 16 heavy (non-hydrogen) atoms. The molecule has 1 fully saturated rings. The Morgan fingerprint density at radius 2 is 2.31 bits per heavy atom. The molecule has 3 nitrogen and oxygen atoms in total. The van der Waals surface area contributed by atoms with E-state index < -0.39 is 0 Å². The molecule has 0 spiro atoms. The van der Waals surface area contributed by atoms with Crippen LogP contribution in [-0.2, 0) is 0 Å². The summed E-state index contributed by atoms with van der Waals surface area (Å²) in [5, 5.41) is 3.57. The first-order valence-electron chi connectivity index (χ1n) is 6.15. The number of aromatic nitrogens is 1. The number of hydrogen-bond donors (Lipinski definition) is 1. The minimum Gasteiger partial charge on any atom is -0.302 e. The SMILES string of the molecule is C[C@@H](c1ccccn1)N(C)[C@@H]1CCCCN1. The molecule has 1 aromatic rings. The monoisotopic (exact) mass is 219 g/mol. The first kappa shape index (κ1) is 11.6. The van der Waals surface area contributed by atoms with E-state index in [2.05, 4.69) is 41.3 Å². The minimum atomic E-state index is 0.372. The Bertz CT molecular complexity index is 306. The Balaban J connectivity index is 2.00. The molecule has 0 amide bonds. The van der Waals surface area contributed by atoms with Gasteiger partial charge in [0.25, 0.3) is 0 Å². The van der Waals surface area contributed by atoms with E-state index >= 15 is 0 Å². The van der Waals surface area contributed by atoms with E-state index in [1.54, 1.807) is 0 Å². The minimum absolute atomic E-state index is 0.372. The predicted molar refractivity (Wildman–Crippen MR) is 66.1 cm³/mol. The standard InChI is InChI=1S/C13H21N3/c1-11(12-7-3-5-9-14-12)16(2)13-8-4-6-10-15-13/h3,5,7,9,11,13,15H,4,6,8,10H2,1-2H3/t11-,13+/m0/s1. The molecule has 0 radical (unpaired) electrons. The highest BCUT2D eigenvalue weighted by atomic mass is 15.3. The van der Waals surface area contributed by atoms with Gasteiger partial charge in [-0.25, -0.2) is 0 Å². The molecular weight excluding hydrogens is 198 g/mol. The molecule has 1 aliphatic rings. The zero-order chi connectivity index (χ0) is 11.4. The lowest BCUT2D eigenvalue weighted by Gasteiger charge is -2.36. The fourth-order valence-corrected chi connectivity index (χ4v) is 2.28. The summed E-state index contributed by atoms with van der Waals surface area (Å²) in [6, 6.07) is 6.50. The van der Waals surface area contributed by atoms with Gasteiger partial charge in [-0.1, -0.05) is 6.07 Å². The summed E-state index contributed by atoms with van der Waals surface area (Å²) in [4.78, 5) is 6.82. The number of hydrogen-bond acceptors (Lipinski definition) is 3. The van der Waals surface area contributed by atoms with Gasteiger partial charge in [0.05, 0.1) is 17.9 Å². The first-order chi connectivity index (χ1) is 7.79. The summed E-state index contributed by atoms with van der Waals surface area (Å²) in [6.45, 7) is 3.36. The number of nitrogens with zero attached hydrogens (tertiary/aromatic N) is 2. The third kappa shape index (κ3) is 2.60. The molecule has 1 N–H and O–H groups in total. The smallest absolute Gasteiger partial charge is 0.0600 e. The van der Waals surface area contributed by atoms with Crippen LogP contribution in [0.1, 0.15) is 37.9 Å². The highest BCUT2D eigenvalue weighted by molar-refractivity contribution is 5.08. The summed E-state index contributed by atoms with van der Waals surface area (Å²) in [6.07, 6.45) is 6.26. The Kier molecular flexibility index (Phi) is 3.91. The first-order valence-corrected chi connectivity index (χ1v) is 6.15. The normalized spacial score (nSPS) is 23.3. The van der Waals surface area contributed by atoms with Gasteiger partial charge in [-0.15, -0.1) is 0 Å². The van der Waals surface area contributed by atoms with E-state index in [0.29, 0.717) is 12.2 Å². The highest BCUT2D eigenvalue weighted by Gasteiger charge is 2.22. The lowest BCUT2D eigenvalue weighted by molar-refractivity contribution is 0.126. The van der Waals surface area contributed by atoms with Crippen molar-refractivity contribution >= 4 is 0 Å². The van der Waals surface area contributed by atoms with Gasteiger partial charge in [0.2, 0.25) is 0 Å². The molecule has 1 saturated heterocycles.